The Morgan fingerprint density at radius 1 is 1.46 bits per heavy atom. The fourth-order valence-corrected chi connectivity index (χ4v) is 1.12. The highest BCUT2D eigenvalue weighted by molar-refractivity contribution is 5.66. The minimum atomic E-state index is -1.42. The highest BCUT2D eigenvalue weighted by Crippen LogP contribution is 2.16. The molecule has 0 saturated carbocycles. The van der Waals surface area contributed by atoms with E-state index in [0.29, 0.717) is 0 Å². The molecule has 1 fully saturated rings. The van der Waals surface area contributed by atoms with Gasteiger partial charge in [-0.05, 0) is 0 Å². The normalized spacial score (nSPS) is 40.0. The van der Waals surface area contributed by atoms with Gasteiger partial charge < -0.3 is 24.8 Å². The van der Waals surface area contributed by atoms with Crippen molar-refractivity contribution in [2.75, 3.05) is 6.61 Å². The number of rotatable bonds is 1. The summed E-state index contributed by atoms with van der Waals surface area (Å²) in [6.45, 7) is 0.984. The summed E-state index contributed by atoms with van der Waals surface area (Å²) in [6.07, 6.45) is -5.07. The van der Waals surface area contributed by atoms with Gasteiger partial charge in [0.05, 0.1) is 6.61 Å². The van der Waals surface area contributed by atoms with Crippen molar-refractivity contribution in [3.63, 3.8) is 0 Å². The number of esters is 1. The quantitative estimate of drug-likeness (QED) is 0.415. The van der Waals surface area contributed by atoms with E-state index >= 15 is 0 Å². The lowest BCUT2D eigenvalue weighted by atomic mass is 10.1. The van der Waals surface area contributed by atoms with Crippen molar-refractivity contribution in [1.82, 2.24) is 0 Å². The number of ether oxygens (including phenoxy) is 2. The molecule has 0 aliphatic carbocycles. The second kappa shape index (κ2) is 4.01. The van der Waals surface area contributed by atoms with Crippen LogP contribution in [0.3, 0.4) is 0 Å². The number of aliphatic hydroxyl groups excluding tert-OH is 3. The van der Waals surface area contributed by atoms with Gasteiger partial charge in [-0.2, -0.15) is 0 Å². The molecule has 3 N–H and O–H groups in total. The van der Waals surface area contributed by atoms with Gasteiger partial charge >= 0.3 is 5.97 Å². The van der Waals surface area contributed by atoms with Gasteiger partial charge in [0.15, 0.2) is 12.4 Å². The van der Waals surface area contributed by atoms with Crippen LogP contribution in [-0.4, -0.2) is 52.5 Å². The Bertz CT molecular complexity index is 193. The second-order valence-electron chi connectivity index (χ2n) is 2.86. The number of carbonyl (C=O) groups is 1. The maximum absolute atomic E-state index is 10.5. The van der Waals surface area contributed by atoms with E-state index in [1.54, 1.807) is 0 Å². The van der Waals surface area contributed by atoms with Crippen molar-refractivity contribution in [3.8, 4) is 0 Å². The number of carbonyl (C=O) groups excluding carboxylic acids is 1. The molecule has 6 nitrogen and oxygen atoms in total. The predicted molar refractivity (Wildman–Crippen MR) is 39.5 cm³/mol. The van der Waals surface area contributed by atoms with Crippen LogP contribution in [0.5, 0.6) is 0 Å². The molecule has 1 aliphatic heterocycles. The zero-order chi connectivity index (χ0) is 10.0. The molecule has 0 spiro atoms. The van der Waals surface area contributed by atoms with Crippen molar-refractivity contribution in [2.24, 2.45) is 0 Å². The van der Waals surface area contributed by atoms with E-state index in [4.69, 9.17) is 5.11 Å². The first-order valence-corrected chi connectivity index (χ1v) is 3.85. The van der Waals surface area contributed by atoms with E-state index in [1.165, 1.54) is 0 Å². The molecular formula is C7H12O6. The van der Waals surface area contributed by atoms with Crippen molar-refractivity contribution in [3.05, 3.63) is 0 Å². The Morgan fingerprint density at radius 3 is 2.62 bits per heavy atom. The standard InChI is InChI=1S/C7H12O6/c1-3(8)13-6-4(9)2-12-7(11)5(6)10/h4-7,9-11H,2H2,1H3. The van der Waals surface area contributed by atoms with Crippen molar-refractivity contribution in [2.45, 2.75) is 31.5 Å². The van der Waals surface area contributed by atoms with Crippen molar-refractivity contribution < 1.29 is 29.6 Å². The average Bonchev–Trinajstić information content (AvgIpc) is 2.05. The van der Waals surface area contributed by atoms with E-state index in [1.807, 2.05) is 0 Å². The molecule has 0 aromatic carbocycles. The van der Waals surface area contributed by atoms with Crippen molar-refractivity contribution in [1.29, 1.82) is 0 Å². The van der Waals surface area contributed by atoms with Crippen LogP contribution in [0.4, 0.5) is 0 Å². The van der Waals surface area contributed by atoms with Crippen LogP contribution >= 0.6 is 0 Å². The molecule has 0 radical (unpaired) electrons. The number of hydrogen-bond acceptors (Lipinski definition) is 6. The first kappa shape index (κ1) is 10.4. The van der Waals surface area contributed by atoms with E-state index in [0.717, 1.165) is 6.92 Å². The number of hydrogen-bond donors (Lipinski definition) is 3. The van der Waals surface area contributed by atoms with Crippen LogP contribution in [0.2, 0.25) is 0 Å². The van der Waals surface area contributed by atoms with E-state index in [-0.39, 0.29) is 6.61 Å². The fourth-order valence-electron chi connectivity index (χ4n) is 1.12. The van der Waals surface area contributed by atoms with Gasteiger partial charge in [-0.1, -0.05) is 0 Å². The maximum Gasteiger partial charge on any atom is 0.303 e. The summed E-state index contributed by atoms with van der Waals surface area (Å²) in [5, 5.41) is 27.5. The van der Waals surface area contributed by atoms with Crippen LogP contribution in [-0.2, 0) is 14.3 Å². The molecule has 6 heteroatoms. The molecule has 0 aromatic rings. The molecule has 4 atom stereocenters. The van der Waals surface area contributed by atoms with E-state index in [2.05, 4.69) is 9.47 Å². The third-order valence-electron chi connectivity index (χ3n) is 1.75. The lowest BCUT2D eigenvalue weighted by Gasteiger charge is -2.34. The van der Waals surface area contributed by atoms with Crippen LogP contribution in [0.15, 0.2) is 0 Å². The van der Waals surface area contributed by atoms with Crippen LogP contribution < -0.4 is 0 Å². The molecule has 76 valence electrons. The smallest absolute Gasteiger partial charge is 0.303 e. The molecule has 13 heavy (non-hydrogen) atoms. The molecule has 1 aliphatic rings. The third kappa shape index (κ3) is 2.38. The van der Waals surface area contributed by atoms with E-state index in [9.17, 15) is 15.0 Å². The Balaban J connectivity index is 2.60. The summed E-state index contributed by atoms with van der Waals surface area (Å²) in [6, 6.07) is 0. The Labute approximate surface area is 74.7 Å². The minimum Gasteiger partial charge on any atom is -0.457 e. The highest BCUT2D eigenvalue weighted by Gasteiger charge is 2.40. The molecule has 1 rings (SSSR count). The molecular weight excluding hydrogens is 180 g/mol. The van der Waals surface area contributed by atoms with Crippen molar-refractivity contribution >= 4 is 5.97 Å². The molecule has 0 bridgehead atoms. The molecule has 1 heterocycles. The van der Waals surface area contributed by atoms with Gasteiger partial charge in [0.25, 0.3) is 0 Å². The van der Waals surface area contributed by atoms with Gasteiger partial charge in [-0.25, -0.2) is 0 Å². The second-order valence-corrected chi connectivity index (χ2v) is 2.86. The molecule has 4 unspecified atom stereocenters. The van der Waals surface area contributed by atoms with E-state index < -0.39 is 30.6 Å². The lowest BCUT2D eigenvalue weighted by molar-refractivity contribution is -0.257. The Hall–Kier alpha value is -0.690. The highest BCUT2D eigenvalue weighted by atomic mass is 16.6. The summed E-state index contributed by atoms with van der Waals surface area (Å²) in [4.78, 5) is 10.5. The van der Waals surface area contributed by atoms with Gasteiger partial charge in [-0.3, -0.25) is 4.79 Å². The zero-order valence-electron chi connectivity index (χ0n) is 7.08. The molecule has 0 aromatic heterocycles. The summed E-state index contributed by atoms with van der Waals surface area (Å²) >= 11 is 0. The minimum absolute atomic E-state index is 0.170. The molecule has 0 amide bonds. The Morgan fingerprint density at radius 2 is 2.08 bits per heavy atom. The predicted octanol–water partition coefficient (Wildman–Crippen LogP) is -2.01. The van der Waals surface area contributed by atoms with Gasteiger partial charge in [0.2, 0.25) is 0 Å². The van der Waals surface area contributed by atoms with Crippen LogP contribution in [0.25, 0.3) is 0 Å². The largest absolute Gasteiger partial charge is 0.457 e. The summed E-state index contributed by atoms with van der Waals surface area (Å²) in [5.41, 5.74) is 0. The topological polar surface area (TPSA) is 96.2 Å². The first-order valence-electron chi connectivity index (χ1n) is 3.85. The first-order chi connectivity index (χ1) is 6.02. The third-order valence-corrected chi connectivity index (χ3v) is 1.75. The maximum atomic E-state index is 10.5. The fraction of sp³-hybridized carbons (Fsp3) is 0.857. The Kier molecular flexibility index (Phi) is 3.21. The summed E-state index contributed by atoms with van der Waals surface area (Å²) in [5.74, 6) is -0.628. The number of aliphatic hydroxyl groups is 3. The van der Waals surface area contributed by atoms with Crippen LogP contribution in [0, 0.1) is 0 Å². The summed E-state index contributed by atoms with van der Waals surface area (Å²) in [7, 11) is 0. The SMILES string of the molecule is CC(=O)OC1C(O)COC(O)C1O. The summed E-state index contributed by atoms with van der Waals surface area (Å²) < 4.78 is 9.19. The van der Waals surface area contributed by atoms with Gasteiger partial charge in [-0.15, -0.1) is 0 Å². The van der Waals surface area contributed by atoms with Gasteiger partial charge in [0.1, 0.15) is 12.2 Å². The van der Waals surface area contributed by atoms with Gasteiger partial charge in [0, 0.05) is 6.92 Å². The van der Waals surface area contributed by atoms with Crippen LogP contribution in [0.1, 0.15) is 6.92 Å². The zero-order valence-corrected chi connectivity index (χ0v) is 7.08. The lowest BCUT2D eigenvalue weighted by Crippen LogP contribution is -2.54. The monoisotopic (exact) mass is 192 g/mol. The average molecular weight is 192 g/mol. The molecule has 1 saturated heterocycles.